The van der Waals surface area contributed by atoms with E-state index in [0.717, 1.165) is 22.6 Å². The van der Waals surface area contributed by atoms with Gasteiger partial charge in [0.25, 0.3) is 0 Å². The molecule has 0 spiro atoms. The van der Waals surface area contributed by atoms with Crippen LogP contribution in [0.5, 0.6) is 5.75 Å². The SMILES string of the molecule is CCc1cc(O)ccc1Sc1ccc(N)cc1. The molecule has 0 bridgehead atoms. The van der Waals surface area contributed by atoms with Gasteiger partial charge in [-0.1, -0.05) is 18.7 Å². The second kappa shape index (κ2) is 5.15. The van der Waals surface area contributed by atoms with Crippen LogP contribution in [0.3, 0.4) is 0 Å². The Labute approximate surface area is 105 Å². The third-order valence-electron chi connectivity index (χ3n) is 2.53. The molecule has 0 aliphatic heterocycles. The first kappa shape index (κ1) is 11.9. The van der Waals surface area contributed by atoms with E-state index in [1.807, 2.05) is 36.4 Å². The molecule has 0 amide bonds. The van der Waals surface area contributed by atoms with Gasteiger partial charge in [-0.3, -0.25) is 0 Å². The monoisotopic (exact) mass is 245 g/mol. The van der Waals surface area contributed by atoms with Crippen molar-refractivity contribution < 1.29 is 5.11 Å². The summed E-state index contributed by atoms with van der Waals surface area (Å²) in [7, 11) is 0. The molecule has 2 aromatic carbocycles. The number of rotatable bonds is 3. The highest BCUT2D eigenvalue weighted by Gasteiger charge is 2.04. The van der Waals surface area contributed by atoms with Gasteiger partial charge in [0.05, 0.1) is 0 Å². The molecule has 88 valence electrons. The molecule has 3 N–H and O–H groups in total. The van der Waals surface area contributed by atoms with Crippen LogP contribution in [0.25, 0.3) is 0 Å². The molecule has 0 saturated carbocycles. The van der Waals surface area contributed by atoms with Crippen LogP contribution in [0.15, 0.2) is 52.3 Å². The molecule has 0 aliphatic carbocycles. The summed E-state index contributed by atoms with van der Waals surface area (Å²) in [5, 5.41) is 9.45. The fourth-order valence-corrected chi connectivity index (χ4v) is 2.60. The predicted molar refractivity (Wildman–Crippen MR) is 72.5 cm³/mol. The topological polar surface area (TPSA) is 46.2 Å². The van der Waals surface area contributed by atoms with Crippen LogP contribution in [0, 0.1) is 0 Å². The normalized spacial score (nSPS) is 10.4. The molecular formula is C14H15NOS. The molecule has 2 aromatic rings. The van der Waals surface area contributed by atoms with Crippen LogP contribution >= 0.6 is 11.8 Å². The number of aromatic hydroxyl groups is 1. The Morgan fingerprint density at radius 3 is 2.47 bits per heavy atom. The second-order valence-corrected chi connectivity index (χ2v) is 4.93. The van der Waals surface area contributed by atoms with Crippen molar-refractivity contribution in [1.82, 2.24) is 0 Å². The van der Waals surface area contributed by atoms with Gasteiger partial charge in [-0.05, 0) is 54.4 Å². The Bertz CT molecular complexity index is 508. The largest absolute Gasteiger partial charge is 0.508 e. The summed E-state index contributed by atoms with van der Waals surface area (Å²) in [6.07, 6.45) is 0.908. The lowest BCUT2D eigenvalue weighted by Gasteiger charge is -2.08. The Balaban J connectivity index is 2.26. The van der Waals surface area contributed by atoms with E-state index < -0.39 is 0 Å². The van der Waals surface area contributed by atoms with E-state index in [0.29, 0.717) is 5.75 Å². The molecule has 2 rings (SSSR count). The van der Waals surface area contributed by atoms with Crippen molar-refractivity contribution in [2.75, 3.05) is 5.73 Å². The van der Waals surface area contributed by atoms with E-state index in [1.54, 1.807) is 17.8 Å². The summed E-state index contributed by atoms with van der Waals surface area (Å²) >= 11 is 1.69. The second-order valence-electron chi connectivity index (χ2n) is 3.82. The van der Waals surface area contributed by atoms with E-state index in [2.05, 4.69) is 6.92 Å². The molecular weight excluding hydrogens is 230 g/mol. The molecule has 2 nitrogen and oxygen atoms in total. The molecule has 0 fully saturated rings. The number of hydrogen-bond donors (Lipinski definition) is 2. The molecule has 0 aromatic heterocycles. The van der Waals surface area contributed by atoms with Crippen LogP contribution in [0.2, 0.25) is 0 Å². The quantitative estimate of drug-likeness (QED) is 0.811. The van der Waals surface area contributed by atoms with Gasteiger partial charge in [0.15, 0.2) is 0 Å². The van der Waals surface area contributed by atoms with E-state index in [1.165, 1.54) is 4.90 Å². The van der Waals surface area contributed by atoms with Gasteiger partial charge >= 0.3 is 0 Å². The van der Waals surface area contributed by atoms with Crippen molar-refractivity contribution in [1.29, 1.82) is 0 Å². The average Bonchev–Trinajstić information content (AvgIpc) is 2.34. The lowest BCUT2D eigenvalue weighted by Crippen LogP contribution is -1.86. The maximum Gasteiger partial charge on any atom is 0.115 e. The van der Waals surface area contributed by atoms with E-state index >= 15 is 0 Å². The zero-order valence-electron chi connectivity index (χ0n) is 9.68. The Hall–Kier alpha value is -1.61. The smallest absolute Gasteiger partial charge is 0.115 e. The first-order chi connectivity index (χ1) is 8.19. The van der Waals surface area contributed by atoms with Crippen molar-refractivity contribution in [2.24, 2.45) is 0 Å². The lowest BCUT2D eigenvalue weighted by molar-refractivity contribution is 0.474. The molecule has 17 heavy (non-hydrogen) atoms. The van der Waals surface area contributed by atoms with Gasteiger partial charge in [-0.15, -0.1) is 0 Å². The summed E-state index contributed by atoms with van der Waals surface area (Å²) in [6.45, 7) is 2.09. The third-order valence-corrected chi connectivity index (χ3v) is 3.66. The number of nitrogens with two attached hydrogens (primary N) is 1. The van der Waals surface area contributed by atoms with Crippen molar-refractivity contribution in [2.45, 2.75) is 23.1 Å². The zero-order valence-corrected chi connectivity index (χ0v) is 10.5. The van der Waals surface area contributed by atoms with Gasteiger partial charge in [0.1, 0.15) is 5.75 Å². The summed E-state index contributed by atoms with van der Waals surface area (Å²) in [5.41, 5.74) is 7.59. The minimum atomic E-state index is 0.323. The number of nitrogen functional groups attached to an aromatic ring is 1. The van der Waals surface area contributed by atoms with Crippen LogP contribution in [0.1, 0.15) is 12.5 Å². The first-order valence-electron chi connectivity index (χ1n) is 5.54. The summed E-state index contributed by atoms with van der Waals surface area (Å²) in [5.74, 6) is 0.323. The number of phenols is 1. The number of benzene rings is 2. The Morgan fingerprint density at radius 1 is 1.12 bits per heavy atom. The van der Waals surface area contributed by atoms with Gasteiger partial charge in [-0.25, -0.2) is 0 Å². The van der Waals surface area contributed by atoms with Crippen LogP contribution in [-0.4, -0.2) is 5.11 Å². The molecule has 0 atom stereocenters. The maximum absolute atomic E-state index is 9.45. The minimum absolute atomic E-state index is 0.323. The molecule has 0 unspecified atom stereocenters. The molecule has 0 radical (unpaired) electrons. The summed E-state index contributed by atoms with van der Waals surface area (Å²) < 4.78 is 0. The minimum Gasteiger partial charge on any atom is -0.508 e. The van der Waals surface area contributed by atoms with E-state index in [-0.39, 0.29) is 0 Å². The highest BCUT2D eigenvalue weighted by Crippen LogP contribution is 2.32. The van der Waals surface area contributed by atoms with Crippen molar-refractivity contribution in [3.05, 3.63) is 48.0 Å². The molecule has 0 heterocycles. The maximum atomic E-state index is 9.45. The van der Waals surface area contributed by atoms with Gasteiger partial charge in [-0.2, -0.15) is 0 Å². The van der Waals surface area contributed by atoms with Crippen molar-refractivity contribution in [3.63, 3.8) is 0 Å². The third kappa shape index (κ3) is 2.94. The fourth-order valence-electron chi connectivity index (χ4n) is 1.60. The molecule has 3 heteroatoms. The predicted octanol–water partition coefficient (Wildman–Crippen LogP) is 3.69. The standard InChI is InChI=1S/C14H15NOS/c1-2-10-9-12(16)5-8-14(10)17-13-6-3-11(15)4-7-13/h3-9,16H,2,15H2,1H3. The van der Waals surface area contributed by atoms with Crippen molar-refractivity contribution >= 4 is 17.4 Å². The fraction of sp³-hybridized carbons (Fsp3) is 0.143. The number of aryl methyl sites for hydroxylation is 1. The average molecular weight is 245 g/mol. The summed E-state index contributed by atoms with van der Waals surface area (Å²) in [4.78, 5) is 2.33. The van der Waals surface area contributed by atoms with E-state index in [4.69, 9.17) is 5.73 Å². The van der Waals surface area contributed by atoms with Crippen molar-refractivity contribution in [3.8, 4) is 5.75 Å². The van der Waals surface area contributed by atoms with E-state index in [9.17, 15) is 5.11 Å². The summed E-state index contributed by atoms with van der Waals surface area (Å²) in [6, 6.07) is 13.3. The molecule has 0 aliphatic rings. The van der Waals surface area contributed by atoms with Gasteiger partial charge < -0.3 is 10.8 Å². The van der Waals surface area contributed by atoms with Gasteiger partial charge in [0, 0.05) is 15.5 Å². The van der Waals surface area contributed by atoms with Crippen LogP contribution in [-0.2, 0) is 6.42 Å². The number of phenolic OH excluding ortho intramolecular Hbond substituents is 1. The zero-order chi connectivity index (χ0) is 12.3. The van der Waals surface area contributed by atoms with Crippen LogP contribution < -0.4 is 5.73 Å². The Kier molecular flexibility index (Phi) is 3.59. The lowest BCUT2D eigenvalue weighted by atomic mass is 10.2. The number of anilines is 1. The highest BCUT2D eigenvalue weighted by atomic mass is 32.2. The molecule has 0 saturated heterocycles. The Morgan fingerprint density at radius 2 is 1.82 bits per heavy atom. The van der Waals surface area contributed by atoms with Gasteiger partial charge in [0.2, 0.25) is 0 Å². The van der Waals surface area contributed by atoms with Crippen LogP contribution in [0.4, 0.5) is 5.69 Å². The number of hydrogen-bond acceptors (Lipinski definition) is 3. The first-order valence-corrected chi connectivity index (χ1v) is 6.36. The highest BCUT2D eigenvalue weighted by molar-refractivity contribution is 7.99.